The van der Waals surface area contributed by atoms with E-state index in [2.05, 4.69) is 132 Å². The third kappa shape index (κ3) is 8.50. The van der Waals surface area contributed by atoms with Gasteiger partial charge in [-0.05, 0) is 0 Å². The van der Waals surface area contributed by atoms with E-state index in [1.54, 1.807) is 6.56 Å². The van der Waals surface area contributed by atoms with Crippen LogP contribution in [0.1, 0.15) is 129 Å². The first-order valence-corrected chi connectivity index (χ1v) is 18.3. The van der Waals surface area contributed by atoms with Crippen molar-refractivity contribution in [3.63, 3.8) is 0 Å². The van der Waals surface area contributed by atoms with Crippen LogP contribution < -0.4 is 9.47 Å². The van der Waals surface area contributed by atoms with Gasteiger partial charge in [-0.1, -0.05) is 0 Å². The molecule has 0 bridgehead atoms. The van der Waals surface area contributed by atoms with Gasteiger partial charge < -0.3 is 0 Å². The summed E-state index contributed by atoms with van der Waals surface area (Å²) in [5.41, 5.74) is 10.7. The molecule has 0 fully saturated rings. The maximum absolute atomic E-state index is 6.08. The molecular formula is C40H56Cl2O2Zr. The molecule has 2 nitrogen and oxygen atoms in total. The van der Waals surface area contributed by atoms with Crippen molar-refractivity contribution in [1.29, 1.82) is 0 Å². The Morgan fingerprint density at radius 3 is 0.978 bits per heavy atom. The van der Waals surface area contributed by atoms with Crippen LogP contribution in [0, 0.1) is 0 Å². The Morgan fingerprint density at radius 1 is 0.489 bits per heavy atom. The van der Waals surface area contributed by atoms with Crippen LogP contribution in [0.3, 0.4) is 0 Å². The van der Waals surface area contributed by atoms with Gasteiger partial charge in [0.25, 0.3) is 0 Å². The molecule has 2 aliphatic carbocycles. The number of ether oxygens (including phenoxy) is 2. The Balaban J connectivity index is 0.00000353. The van der Waals surface area contributed by atoms with Crippen molar-refractivity contribution in [3.8, 4) is 11.5 Å². The van der Waals surface area contributed by atoms with E-state index in [-0.39, 0.29) is 46.5 Å². The van der Waals surface area contributed by atoms with Gasteiger partial charge in [0.1, 0.15) is 0 Å². The Morgan fingerprint density at radius 2 is 0.756 bits per heavy atom. The molecule has 0 saturated carbocycles. The van der Waals surface area contributed by atoms with Crippen molar-refractivity contribution in [2.24, 2.45) is 0 Å². The number of methoxy groups -OCH3 is 2. The van der Waals surface area contributed by atoms with Crippen LogP contribution in [-0.2, 0) is 44.9 Å². The van der Waals surface area contributed by atoms with Gasteiger partial charge >= 0.3 is 276 Å². The molecule has 0 saturated heterocycles. The molecule has 45 heavy (non-hydrogen) atoms. The third-order valence-electron chi connectivity index (χ3n) is 8.61. The van der Waals surface area contributed by atoms with Crippen LogP contribution in [0.5, 0.6) is 11.5 Å². The summed E-state index contributed by atoms with van der Waals surface area (Å²) in [6.45, 7) is 27.6. The molecule has 0 radical (unpaired) electrons. The zero-order valence-electron chi connectivity index (χ0n) is 30.2. The van der Waals surface area contributed by atoms with Gasteiger partial charge in [0.2, 0.25) is 0 Å². The molecule has 0 atom stereocenters. The van der Waals surface area contributed by atoms with E-state index in [0.29, 0.717) is 0 Å². The minimum atomic E-state index is -1.03. The fourth-order valence-corrected chi connectivity index (χ4v) is 9.96. The molecule has 2 aromatic rings. The quantitative estimate of drug-likeness (QED) is 0.295. The molecule has 0 aliphatic heterocycles. The maximum Gasteiger partial charge on any atom is -0.147 e. The summed E-state index contributed by atoms with van der Waals surface area (Å²) in [4.78, 5) is 0. The Labute approximate surface area is 298 Å². The topological polar surface area (TPSA) is 18.5 Å². The zero-order chi connectivity index (χ0) is 32.1. The molecule has 5 heteroatoms. The average Bonchev–Trinajstić information content (AvgIpc) is 3.55. The Kier molecular flexibility index (Phi) is 12.6. The van der Waals surface area contributed by atoms with Crippen LogP contribution in [0.15, 0.2) is 55.1 Å². The van der Waals surface area contributed by atoms with E-state index >= 15 is 0 Å². The molecular weight excluding hydrogens is 675 g/mol. The van der Waals surface area contributed by atoms with Crippen LogP contribution in [0.4, 0.5) is 0 Å². The first-order chi connectivity index (χ1) is 19.8. The molecule has 2 aromatic carbocycles. The SMILES string of the molecule is COc1c(C(C)(C)C)cc(C2=[C]([Zr][C]3=C(c4cc(C(C)(C)C)c(OC)c(C(C)(C)C)c4)C=CC3)CC=C2)cc1C(C)(C)C.Cl.Cl. The summed E-state index contributed by atoms with van der Waals surface area (Å²) >= 11 is -1.03. The second kappa shape index (κ2) is 14.3. The van der Waals surface area contributed by atoms with Crippen LogP contribution in [-0.4, -0.2) is 14.2 Å². The number of hydrogen-bond acceptors (Lipinski definition) is 2. The van der Waals surface area contributed by atoms with E-state index in [9.17, 15) is 0 Å². The van der Waals surface area contributed by atoms with E-state index in [4.69, 9.17) is 9.47 Å². The van der Waals surface area contributed by atoms with Gasteiger partial charge in [-0.3, -0.25) is 0 Å². The van der Waals surface area contributed by atoms with Crippen molar-refractivity contribution in [1.82, 2.24) is 0 Å². The van der Waals surface area contributed by atoms with Gasteiger partial charge in [0.05, 0.1) is 0 Å². The normalized spacial score (nSPS) is 15.3. The van der Waals surface area contributed by atoms with Crippen molar-refractivity contribution in [3.05, 3.63) is 88.5 Å². The van der Waals surface area contributed by atoms with Crippen molar-refractivity contribution >= 4 is 36.0 Å². The van der Waals surface area contributed by atoms with Gasteiger partial charge in [-0.25, -0.2) is 0 Å². The molecule has 0 amide bonds. The predicted octanol–water partition coefficient (Wildman–Crippen LogP) is 11.9. The van der Waals surface area contributed by atoms with E-state index in [0.717, 1.165) is 24.3 Å². The van der Waals surface area contributed by atoms with Crippen molar-refractivity contribution in [2.75, 3.05) is 14.2 Å². The van der Waals surface area contributed by atoms with Crippen molar-refractivity contribution in [2.45, 2.75) is 118 Å². The second-order valence-electron chi connectivity index (χ2n) is 16.3. The van der Waals surface area contributed by atoms with E-state index in [1.807, 2.05) is 14.2 Å². The molecule has 0 heterocycles. The second-order valence-corrected chi connectivity index (χ2v) is 19.9. The van der Waals surface area contributed by atoms with Gasteiger partial charge in [-0.2, -0.15) is 0 Å². The van der Waals surface area contributed by atoms with Gasteiger partial charge in [0.15, 0.2) is 0 Å². The molecule has 0 aromatic heterocycles. The summed E-state index contributed by atoms with van der Waals surface area (Å²) < 4.78 is 15.5. The summed E-state index contributed by atoms with van der Waals surface area (Å²) in [7, 11) is 3.65. The van der Waals surface area contributed by atoms with E-state index in [1.165, 1.54) is 44.5 Å². The average molecular weight is 731 g/mol. The molecule has 0 N–H and O–H groups in total. The molecule has 0 unspecified atom stereocenters. The molecule has 0 spiro atoms. The van der Waals surface area contributed by atoms with Crippen LogP contribution >= 0.6 is 24.8 Å². The Hall–Kier alpha value is -1.54. The molecule has 2 aliphatic rings. The Bertz CT molecular complexity index is 1340. The zero-order valence-corrected chi connectivity index (χ0v) is 34.3. The van der Waals surface area contributed by atoms with E-state index < -0.39 is 23.2 Å². The summed E-state index contributed by atoms with van der Waals surface area (Å²) in [6.07, 6.45) is 11.7. The van der Waals surface area contributed by atoms with Crippen LogP contribution in [0.25, 0.3) is 11.1 Å². The third-order valence-corrected chi connectivity index (χ3v) is 12.4. The monoisotopic (exact) mass is 728 g/mol. The number of allylic oxidation sites excluding steroid dienone is 8. The molecule has 4 rings (SSSR count). The maximum atomic E-state index is 6.08. The predicted molar refractivity (Wildman–Crippen MR) is 197 cm³/mol. The summed E-state index contributed by atoms with van der Waals surface area (Å²) in [5, 5.41) is 0. The number of rotatable bonds is 6. The summed E-state index contributed by atoms with van der Waals surface area (Å²) in [6, 6.07) is 9.65. The fourth-order valence-electron chi connectivity index (χ4n) is 6.21. The van der Waals surface area contributed by atoms with Crippen molar-refractivity contribution < 1.29 is 32.7 Å². The first-order valence-electron chi connectivity index (χ1n) is 15.8. The standard InChI is InChI=1S/2C20H27O.2ClH.Zr/c2*1-19(2,3)16-12-15(14-10-8-9-11-14)13-17(18(16)21-7)20(4,5)6;;;/h2*8,10,12-13H,9H2,1-7H3;2*1H;. The smallest absolute Gasteiger partial charge is 0.147 e. The summed E-state index contributed by atoms with van der Waals surface area (Å²) in [5.74, 6) is 2.09. The number of benzene rings is 2. The number of halogens is 2. The minimum absolute atomic E-state index is 0. The van der Waals surface area contributed by atoms with Crippen LogP contribution in [0.2, 0.25) is 0 Å². The van der Waals surface area contributed by atoms with Gasteiger partial charge in [0, 0.05) is 0 Å². The fraction of sp³-hybridized carbons (Fsp3) is 0.500. The minimum Gasteiger partial charge on any atom is -0.147 e. The number of hydrogen-bond donors (Lipinski definition) is 0. The van der Waals surface area contributed by atoms with Gasteiger partial charge in [-0.15, -0.1) is 24.8 Å². The molecule has 246 valence electrons. The first kappa shape index (κ1) is 39.6. The largest absolute Gasteiger partial charge is 0.147 e.